The fraction of sp³-hybridized carbons (Fsp3) is 1.00. The molecule has 1 atom stereocenters. The Morgan fingerprint density at radius 2 is 1.83 bits per heavy atom. The summed E-state index contributed by atoms with van der Waals surface area (Å²) in [5.74, 6) is 0. The highest BCUT2D eigenvalue weighted by Gasteiger charge is 2.33. The Hall–Kier alpha value is -0.170. The van der Waals surface area contributed by atoms with Gasteiger partial charge in [-0.2, -0.15) is 4.31 Å². The first-order valence-electron chi connectivity index (χ1n) is 6.63. The van der Waals surface area contributed by atoms with Crippen molar-refractivity contribution in [3.8, 4) is 0 Å². The van der Waals surface area contributed by atoms with Crippen LogP contribution >= 0.6 is 0 Å². The molecule has 1 heterocycles. The quantitative estimate of drug-likeness (QED) is 0.796. The van der Waals surface area contributed by atoms with Crippen LogP contribution in [0.1, 0.15) is 33.6 Å². The van der Waals surface area contributed by atoms with Gasteiger partial charge < -0.3 is 5.11 Å². The Labute approximate surface area is 111 Å². The Kier molecular flexibility index (Phi) is 5.17. The van der Waals surface area contributed by atoms with Crippen molar-refractivity contribution in [1.29, 1.82) is 0 Å². The summed E-state index contributed by atoms with van der Waals surface area (Å²) in [6.45, 7) is 8.42. The molecule has 0 aromatic heterocycles. The van der Waals surface area contributed by atoms with Gasteiger partial charge in [-0.15, -0.1) is 0 Å². The fourth-order valence-corrected chi connectivity index (χ4v) is 3.68. The maximum Gasteiger partial charge on any atom is 0.211 e. The van der Waals surface area contributed by atoms with Crippen LogP contribution < -0.4 is 0 Å². The van der Waals surface area contributed by atoms with E-state index in [1.165, 1.54) is 6.26 Å². The van der Waals surface area contributed by atoms with Gasteiger partial charge in [-0.3, -0.25) is 4.90 Å². The van der Waals surface area contributed by atoms with E-state index >= 15 is 0 Å². The number of hydrogen-bond acceptors (Lipinski definition) is 4. The SMILES string of the molecule is CCC(O)(CC)CN1CCN(S(C)(=O)=O)[C@@H](C)C1. The minimum Gasteiger partial charge on any atom is -0.389 e. The lowest BCUT2D eigenvalue weighted by Crippen LogP contribution is -2.56. The van der Waals surface area contributed by atoms with Crippen LogP contribution in [0.4, 0.5) is 0 Å². The first-order chi connectivity index (χ1) is 8.22. The number of sulfonamides is 1. The Balaban J connectivity index is 2.62. The van der Waals surface area contributed by atoms with E-state index in [9.17, 15) is 13.5 Å². The van der Waals surface area contributed by atoms with E-state index in [4.69, 9.17) is 0 Å². The first kappa shape index (κ1) is 15.9. The number of piperazine rings is 1. The van der Waals surface area contributed by atoms with Gasteiger partial charge in [0.1, 0.15) is 0 Å². The average molecular weight is 278 g/mol. The van der Waals surface area contributed by atoms with Crippen molar-refractivity contribution in [3.63, 3.8) is 0 Å². The second-order valence-electron chi connectivity index (χ2n) is 5.39. The zero-order valence-corrected chi connectivity index (χ0v) is 12.7. The number of rotatable bonds is 5. The largest absolute Gasteiger partial charge is 0.389 e. The summed E-state index contributed by atoms with van der Waals surface area (Å²) in [6, 6.07) is -0.0216. The van der Waals surface area contributed by atoms with Crippen molar-refractivity contribution in [2.75, 3.05) is 32.4 Å². The molecule has 0 aromatic rings. The molecule has 1 rings (SSSR count). The molecule has 1 fully saturated rings. The van der Waals surface area contributed by atoms with Gasteiger partial charge in [0.25, 0.3) is 0 Å². The first-order valence-corrected chi connectivity index (χ1v) is 8.48. The van der Waals surface area contributed by atoms with Gasteiger partial charge in [0.15, 0.2) is 0 Å². The number of aliphatic hydroxyl groups is 1. The van der Waals surface area contributed by atoms with Crippen LogP contribution in [0.5, 0.6) is 0 Å². The van der Waals surface area contributed by atoms with E-state index < -0.39 is 15.6 Å². The molecule has 0 saturated carbocycles. The summed E-state index contributed by atoms with van der Waals surface area (Å²) in [4.78, 5) is 2.17. The monoisotopic (exact) mass is 278 g/mol. The van der Waals surface area contributed by atoms with Gasteiger partial charge in [-0.1, -0.05) is 13.8 Å². The second-order valence-corrected chi connectivity index (χ2v) is 7.32. The Morgan fingerprint density at radius 3 is 2.22 bits per heavy atom. The highest BCUT2D eigenvalue weighted by atomic mass is 32.2. The number of hydrogen-bond donors (Lipinski definition) is 1. The molecule has 1 saturated heterocycles. The van der Waals surface area contributed by atoms with E-state index in [0.717, 1.165) is 12.8 Å². The highest BCUT2D eigenvalue weighted by Crippen LogP contribution is 2.20. The van der Waals surface area contributed by atoms with Gasteiger partial charge in [-0.25, -0.2) is 8.42 Å². The van der Waals surface area contributed by atoms with Crippen LogP contribution in [0.15, 0.2) is 0 Å². The summed E-state index contributed by atoms with van der Waals surface area (Å²) in [6.07, 6.45) is 2.71. The van der Waals surface area contributed by atoms with Crippen molar-refractivity contribution in [2.45, 2.75) is 45.3 Å². The summed E-state index contributed by atoms with van der Waals surface area (Å²) >= 11 is 0. The second kappa shape index (κ2) is 5.86. The van der Waals surface area contributed by atoms with Crippen LogP contribution in [0.2, 0.25) is 0 Å². The number of nitrogens with zero attached hydrogens (tertiary/aromatic N) is 2. The number of β-amino-alcohol motifs (C(OH)–C–C–N with tert-alkyl or cyclic N) is 1. The molecule has 0 amide bonds. The molecule has 1 N–H and O–H groups in total. The van der Waals surface area contributed by atoms with Gasteiger partial charge in [0.2, 0.25) is 10.0 Å². The maximum absolute atomic E-state index is 11.6. The Morgan fingerprint density at radius 1 is 1.28 bits per heavy atom. The average Bonchev–Trinajstić information content (AvgIpc) is 2.27. The van der Waals surface area contributed by atoms with Crippen molar-refractivity contribution < 1.29 is 13.5 Å². The van der Waals surface area contributed by atoms with Crippen LogP contribution in [0.25, 0.3) is 0 Å². The van der Waals surface area contributed by atoms with Crippen LogP contribution in [0.3, 0.4) is 0 Å². The third-order valence-corrected chi connectivity index (χ3v) is 5.31. The van der Waals surface area contributed by atoms with Crippen LogP contribution in [-0.2, 0) is 10.0 Å². The zero-order valence-electron chi connectivity index (χ0n) is 11.9. The van der Waals surface area contributed by atoms with Gasteiger partial charge in [0, 0.05) is 32.2 Å². The summed E-state index contributed by atoms with van der Waals surface area (Å²) in [5.41, 5.74) is -0.646. The van der Waals surface area contributed by atoms with Crippen molar-refractivity contribution in [3.05, 3.63) is 0 Å². The molecule has 0 radical (unpaired) electrons. The molecular weight excluding hydrogens is 252 g/mol. The third kappa shape index (κ3) is 3.91. The third-order valence-electron chi connectivity index (χ3n) is 3.91. The molecule has 1 aliphatic heterocycles. The van der Waals surface area contributed by atoms with Gasteiger partial charge in [0.05, 0.1) is 11.9 Å². The summed E-state index contributed by atoms with van der Waals surface area (Å²) < 4.78 is 24.7. The normalized spacial score (nSPS) is 24.4. The van der Waals surface area contributed by atoms with E-state index in [1.54, 1.807) is 4.31 Å². The minimum absolute atomic E-state index is 0.0216. The molecule has 5 nitrogen and oxygen atoms in total. The lowest BCUT2D eigenvalue weighted by molar-refractivity contribution is -0.0156. The Bertz CT molecular complexity index is 366. The van der Waals surface area contributed by atoms with Crippen LogP contribution in [0, 0.1) is 0 Å². The van der Waals surface area contributed by atoms with E-state index in [0.29, 0.717) is 26.2 Å². The maximum atomic E-state index is 11.6. The predicted molar refractivity (Wildman–Crippen MR) is 73.0 cm³/mol. The molecule has 108 valence electrons. The van der Waals surface area contributed by atoms with Crippen molar-refractivity contribution in [1.82, 2.24) is 9.21 Å². The van der Waals surface area contributed by atoms with Crippen molar-refractivity contribution in [2.24, 2.45) is 0 Å². The standard InChI is InChI=1S/C12H26N2O3S/c1-5-12(15,6-2)10-13-7-8-14(11(3)9-13)18(4,16)17/h11,15H,5-10H2,1-4H3/t11-/m0/s1. The topological polar surface area (TPSA) is 60.9 Å². The molecular formula is C12H26N2O3S. The van der Waals surface area contributed by atoms with Gasteiger partial charge in [-0.05, 0) is 19.8 Å². The van der Waals surface area contributed by atoms with E-state index in [-0.39, 0.29) is 6.04 Å². The lowest BCUT2D eigenvalue weighted by Gasteiger charge is -2.41. The van der Waals surface area contributed by atoms with Gasteiger partial charge >= 0.3 is 0 Å². The molecule has 0 aliphatic carbocycles. The van der Waals surface area contributed by atoms with Crippen molar-refractivity contribution >= 4 is 10.0 Å². The molecule has 1 aliphatic rings. The van der Waals surface area contributed by atoms with E-state index in [1.807, 2.05) is 20.8 Å². The minimum atomic E-state index is -3.11. The van der Waals surface area contributed by atoms with E-state index in [2.05, 4.69) is 4.90 Å². The molecule has 0 bridgehead atoms. The molecule has 0 unspecified atom stereocenters. The fourth-order valence-electron chi connectivity index (χ4n) is 2.54. The van der Waals surface area contributed by atoms with Crippen LogP contribution in [-0.4, -0.2) is 66.8 Å². The smallest absolute Gasteiger partial charge is 0.211 e. The molecule has 0 aromatic carbocycles. The highest BCUT2D eigenvalue weighted by molar-refractivity contribution is 7.88. The molecule has 6 heteroatoms. The molecule has 0 spiro atoms. The lowest BCUT2D eigenvalue weighted by atomic mass is 9.96. The summed E-state index contributed by atoms with van der Waals surface area (Å²) in [7, 11) is -3.11. The predicted octanol–water partition coefficient (Wildman–Crippen LogP) is 0.503. The zero-order chi connectivity index (χ0) is 14.0. The molecule has 18 heavy (non-hydrogen) atoms. The summed E-state index contributed by atoms with van der Waals surface area (Å²) in [5, 5.41) is 10.3.